The maximum absolute atomic E-state index is 12.9. The molecule has 4 nitrogen and oxygen atoms in total. The van der Waals surface area contributed by atoms with Crippen molar-refractivity contribution in [2.75, 3.05) is 20.1 Å². The molecule has 26 heavy (non-hydrogen) atoms. The number of likely N-dealkylation sites (tertiary alicyclic amines) is 2. The van der Waals surface area contributed by atoms with Crippen LogP contribution in [0.1, 0.15) is 31.2 Å². The van der Waals surface area contributed by atoms with Gasteiger partial charge >= 0.3 is 0 Å². The van der Waals surface area contributed by atoms with Gasteiger partial charge in [-0.15, -0.1) is 0 Å². The van der Waals surface area contributed by atoms with Gasteiger partial charge in [-0.1, -0.05) is 42.5 Å². The van der Waals surface area contributed by atoms with E-state index in [1.807, 2.05) is 29.0 Å². The van der Waals surface area contributed by atoms with Crippen molar-refractivity contribution in [3.05, 3.63) is 48.0 Å². The normalized spacial score (nSPS) is 23.7. The lowest BCUT2D eigenvalue weighted by molar-refractivity contribution is -0.136. The van der Waals surface area contributed by atoms with E-state index in [0.717, 1.165) is 37.9 Å². The second kappa shape index (κ2) is 7.10. The highest BCUT2D eigenvalue weighted by Gasteiger charge is 2.36. The lowest BCUT2D eigenvalue weighted by Gasteiger charge is -2.41. The van der Waals surface area contributed by atoms with Crippen LogP contribution in [-0.2, 0) is 16.0 Å². The van der Waals surface area contributed by atoms with Crippen LogP contribution in [0.15, 0.2) is 42.5 Å². The summed E-state index contributed by atoms with van der Waals surface area (Å²) in [4.78, 5) is 28.9. The van der Waals surface area contributed by atoms with E-state index in [1.54, 1.807) is 0 Å². The Morgan fingerprint density at radius 1 is 1.12 bits per heavy atom. The number of benzene rings is 2. The maximum Gasteiger partial charge on any atom is 0.227 e. The zero-order chi connectivity index (χ0) is 18.1. The van der Waals surface area contributed by atoms with Crippen LogP contribution in [0.4, 0.5) is 0 Å². The van der Waals surface area contributed by atoms with Gasteiger partial charge in [0.2, 0.25) is 11.8 Å². The summed E-state index contributed by atoms with van der Waals surface area (Å²) in [5.74, 6) is 0.881. The predicted octanol–water partition coefficient (Wildman–Crippen LogP) is 3.24. The van der Waals surface area contributed by atoms with Crippen molar-refractivity contribution in [3.8, 4) is 0 Å². The molecule has 2 aromatic rings. The molecule has 0 aromatic heterocycles. The van der Waals surface area contributed by atoms with E-state index in [2.05, 4.69) is 30.3 Å². The lowest BCUT2D eigenvalue weighted by Crippen LogP contribution is -2.52. The maximum atomic E-state index is 12.9. The number of carbonyl (C=O) groups excluding carboxylic acids is 2. The molecular weight excluding hydrogens is 324 g/mol. The van der Waals surface area contributed by atoms with E-state index in [1.165, 1.54) is 10.8 Å². The molecule has 0 aliphatic carbocycles. The zero-order valence-corrected chi connectivity index (χ0v) is 15.4. The molecule has 0 radical (unpaired) electrons. The smallest absolute Gasteiger partial charge is 0.227 e. The number of fused-ring (bicyclic) bond motifs is 2. The highest BCUT2D eigenvalue weighted by molar-refractivity contribution is 5.85. The minimum absolute atomic E-state index is 0.206. The fourth-order valence-corrected chi connectivity index (χ4v) is 4.55. The van der Waals surface area contributed by atoms with Gasteiger partial charge in [-0.2, -0.15) is 0 Å². The van der Waals surface area contributed by atoms with Crippen LogP contribution >= 0.6 is 0 Å². The molecule has 2 aliphatic heterocycles. The molecule has 2 saturated heterocycles. The number of hydrogen-bond donors (Lipinski definition) is 0. The number of nitrogens with zero attached hydrogens (tertiary/aromatic N) is 2. The summed E-state index contributed by atoms with van der Waals surface area (Å²) in [5, 5.41) is 2.39. The van der Waals surface area contributed by atoms with Gasteiger partial charge in [0.05, 0.1) is 6.42 Å². The average Bonchev–Trinajstić information content (AvgIpc) is 2.80. The zero-order valence-electron chi connectivity index (χ0n) is 15.4. The number of piperidine rings is 1. The van der Waals surface area contributed by atoms with Crippen molar-refractivity contribution >= 4 is 22.6 Å². The summed E-state index contributed by atoms with van der Waals surface area (Å²) < 4.78 is 0. The van der Waals surface area contributed by atoms with Crippen LogP contribution in [0.2, 0.25) is 0 Å². The molecule has 136 valence electrons. The predicted molar refractivity (Wildman–Crippen MR) is 103 cm³/mol. The second-order valence-electron chi connectivity index (χ2n) is 7.71. The Kier molecular flexibility index (Phi) is 4.66. The Morgan fingerprint density at radius 3 is 2.77 bits per heavy atom. The molecule has 2 atom stereocenters. The van der Waals surface area contributed by atoms with Crippen molar-refractivity contribution in [2.45, 2.75) is 38.1 Å². The number of carbonyl (C=O) groups is 2. The Balaban J connectivity index is 1.44. The highest BCUT2D eigenvalue weighted by Crippen LogP contribution is 2.30. The lowest BCUT2D eigenvalue weighted by atomic mass is 9.88. The van der Waals surface area contributed by atoms with Crippen molar-refractivity contribution in [1.82, 2.24) is 9.80 Å². The fourth-order valence-electron chi connectivity index (χ4n) is 4.55. The Labute approximate surface area is 154 Å². The Morgan fingerprint density at radius 2 is 1.92 bits per heavy atom. The first-order valence-electron chi connectivity index (χ1n) is 9.63. The van der Waals surface area contributed by atoms with Gasteiger partial charge in [0, 0.05) is 32.6 Å². The quantitative estimate of drug-likeness (QED) is 0.834. The monoisotopic (exact) mass is 350 g/mol. The van der Waals surface area contributed by atoms with E-state index in [-0.39, 0.29) is 11.8 Å². The van der Waals surface area contributed by atoms with E-state index < -0.39 is 0 Å². The summed E-state index contributed by atoms with van der Waals surface area (Å²) in [6, 6.07) is 14.8. The van der Waals surface area contributed by atoms with Gasteiger partial charge in [0.15, 0.2) is 0 Å². The molecule has 0 N–H and O–H groups in total. The topological polar surface area (TPSA) is 40.6 Å². The van der Waals surface area contributed by atoms with Crippen LogP contribution in [0.25, 0.3) is 10.8 Å². The molecule has 2 heterocycles. The molecule has 2 amide bonds. The first-order chi connectivity index (χ1) is 12.6. The molecule has 4 rings (SSSR count). The second-order valence-corrected chi connectivity index (χ2v) is 7.71. The minimum atomic E-state index is 0.206. The molecule has 0 unspecified atom stereocenters. The fraction of sp³-hybridized carbons (Fsp3) is 0.455. The van der Waals surface area contributed by atoms with Crippen LogP contribution in [0.3, 0.4) is 0 Å². The van der Waals surface area contributed by atoms with Crippen LogP contribution < -0.4 is 0 Å². The van der Waals surface area contributed by atoms with Gasteiger partial charge in [-0.25, -0.2) is 0 Å². The molecule has 0 saturated carbocycles. The van der Waals surface area contributed by atoms with Crippen molar-refractivity contribution in [1.29, 1.82) is 0 Å². The summed E-state index contributed by atoms with van der Waals surface area (Å²) >= 11 is 0. The van der Waals surface area contributed by atoms with Crippen molar-refractivity contribution < 1.29 is 9.59 Å². The minimum Gasteiger partial charge on any atom is -0.342 e. The van der Waals surface area contributed by atoms with E-state index in [0.29, 0.717) is 24.8 Å². The Bertz CT molecular complexity index is 832. The van der Waals surface area contributed by atoms with Crippen molar-refractivity contribution in [2.24, 2.45) is 5.92 Å². The van der Waals surface area contributed by atoms with Crippen molar-refractivity contribution in [3.63, 3.8) is 0 Å². The molecular formula is C22H26N2O2. The average molecular weight is 350 g/mol. The van der Waals surface area contributed by atoms with Gasteiger partial charge < -0.3 is 9.80 Å². The third kappa shape index (κ3) is 3.33. The third-order valence-electron chi connectivity index (χ3n) is 6.07. The largest absolute Gasteiger partial charge is 0.342 e. The molecule has 2 aliphatic rings. The molecule has 2 aromatic carbocycles. The summed E-state index contributed by atoms with van der Waals surface area (Å²) in [7, 11) is 1.93. The summed E-state index contributed by atoms with van der Waals surface area (Å²) in [6.45, 7) is 1.54. The summed E-state index contributed by atoms with van der Waals surface area (Å²) in [5.41, 5.74) is 1.07. The van der Waals surface area contributed by atoms with Crippen LogP contribution in [0, 0.1) is 5.92 Å². The molecule has 0 spiro atoms. The first kappa shape index (κ1) is 17.1. The van der Waals surface area contributed by atoms with E-state index in [4.69, 9.17) is 0 Å². The van der Waals surface area contributed by atoms with Crippen LogP contribution in [-0.4, -0.2) is 47.8 Å². The number of hydrogen-bond acceptors (Lipinski definition) is 2. The number of rotatable bonds is 2. The first-order valence-corrected chi connectivity index (χ1v) is 9.63. The van der Waals surface area contributed by atoms with E-state index in [9.17, 15) is 9.59 Å². The highest BCUT2D eigenvalue weighted by atomic mass is 16.2. The standard InChI is InChI=1S/C22H26N2O2/c1-23-20-11-12-24(15-19(20)7-4-8-21(23)25)22(26)14-16-9-10-17-5-2-3-6-18(17)13-16/h2-3,5-6,9-10,13,19-20H,4,7-8,11-12,14-15H2,1H3/t19-,20-/m1/s1. The molecule has 4 heteroatoms. The summed E-state index contributed by atoms with van der Waals surface area (Å²) in [6.07, 6.45) is 3.99. The van der Waals surface area contributed by atoms with E-state index >= 15 is 0 Å². The molecule has 2 fully saturated rings. The van der Waals surface area contributed by atoms with Gasteiger partial charge in [0.1, 0.15) is 0 Å². The third-order valence-corrected chi connectivity index (χ3v) is 6.07. The Hall–Kier alpha value is -2.36. The van der Waals surface area contributed by atoms with Gasteiger partial charge in [0.25, 0.3) is 0 Å². The van der Waals surface area contributed by atoms with Crippen LogP contribution in [0.5, 0.6) is 0 Å². The van der Waals surface area contributed by atoms with Gasteiger partial charge in [-0.3, -0.25) is 9.59 Å². The van der Waals surface area contributed by atoms with Gasteiger partial charge in [-0.05, 0) is 41.5 Å². The molecule has 0 bridgehead atoms. The number of amides is 2. The SMILES string of the molecule is CN1C(=O)CCC[C@@H]2CN(C(=O)Cc3ccc4ccccc4c3)CC[C@H]21.